The number of benzene rings is 1. The Kier molecular flexibility index (Phi) is 7.08. The molecule has 1 aliphatic heterocycles. The number of aliphatic hydroxyl groups excluding tert-OH is 1. The summed E-state index contributed by atoms with van der Waals surface area (Å²) in [6.07, 6.45) is 0.114. The lowest BCUT2D eigenvalue weighted by Gasteiger charge is -2.17. The number of aliphatic hydroxyl groups is 1. The number of hydrogen-bond acceptors (Lipinski definition) is 3. The van der Waals surface area contributed by atoms with E-state index in [2.05, 4.69) is 10.6 Å². The minimum Gasteiger partial charge on any atom is -0.391 e. The fraction of sp³-hybridized carbons (Fsp3) is 0.533. The fourth-order valence-corrected chi connectivity index (χ4v) is 2.44. The predicted molar refractivity (Wildman–Crippen MR) is 81.9 cm³/mol. The van der Waals surface area contributed by atoms with Gasteiger partial charge in [-0.3, -0.25) is 4.79 Å². The van der Waals surface area contributed by atoms with Gasteiger partial charge in [0.1, 0.15) is 5.82 Å². The van der Waals surface area contributed by atoms with Crippen LogP contribution in [0.1, 0.15) is 12.5 Å². The van der Waals surface area contributed by atoms with E-state index in [9.17, 15) is 14.3 Å². The van der Waals surface area contributed by atoms with Gasteiger partial charge in [0.2, 0.25) is 5.91 Å². The maximum Gasteiger partial charge on any atom is 0.223 e. The first kappa shape index (κ1) is 17.9. The Morgan fingerprint density at radius 1 is 1.52 bits per heavy atom. The monoisotopic (exact) mass is 316 g/mol. The summed E-state index contributed by atoms with van der Waals surface area (Å²) >= 11 is 0. The molecule has 0 aromatic heterocycles. The zero-order chi connectivity index (χ0) is 14.5. The number of β-amino-alcohol motifs (C(OH)–C–C–N with tert-alkyl or cyclic N) is 1. The molecule has 3 unspecified atom stereocenters. The third-order valence-corrected chi connectivity index (χ3v) is 3.72. The van der Waals surface area contributed by atoms with Crippen molar-refractivity contribution in [2.45, 2.75) is 19.4 Å². The van der Waals surface area contributed by atoms with E-state index < -0.39 is 6.10 Å². The first-order valence-corrected chi connectivity index (χ1v) is 6.97. The molecule has 3 atom stereocenters. The number of halogens is 2. The second-order valence-corrected chi connectivity index (χ2v) is 5.47. The minimum absolute atomic E-state index is 0. The first-order chi connectivity index (χ1) is 9.56. The van der Waals surface area contributed by atoms with Gasteiger partial charge in [-0.25, -0.2) is 4.39 Å². The molecule has 1 aromatic carbocycles. The van der Waals surface area contributed by atoms with Gasteiger partial charge in [0.25, 0.3) is 0 Å². The van der Waals surface area contributed by atoms with Crippen molar-refractivity contribution in [3.8, 4) is 0 Å². The number of carbonyl (C=O) groups is 1. The lowest BCUT2D eigenvalue weighted by molar-refractivity contribution is -0.124. The van der Waals surface area contributed by atoms with Gasteiger partial charge >= 0.3 is 0 Å². The highest BCUT2D eigenvalue weighted by molar-refractivity contribution is 5.85. The number of rotatable bonds is 5. The molecule has 0 radical (unpaired) electrons. The fourth-order valence-electron chi connectivity index (χ4n) is 2.44. The minimum atomic E-state index is -0.395. The van der Waals surface area contributed by atoms with Crippen LogP contribution in [0.5, 0.6) is 0 Å². The van der Waals surface area contributed by atoms with Gasteiger partial charge in [0, 0.05) is 31.5 Å². The molecule has 0 spiro atoms. The van der Waals surface area contributed by atoms with Gasteiger partial charge < -0.3 is 15.7 Å². The normalized spacial score (nSPS) is 22.4. The summed E-state index contributed by atoms with van der Waals surface area (Å²) in [7, 11) is 0. The number of carbonyl (C=O) groups excluding carboxylic acids is 1. The Hall–Kier alpha value is -1.17. The summed E-state index contributed by atoms with van der Waals surface area (Å²) in [4.78, 5) is 12.0. The van der Waals surface area contributed by atoms with Crippen molar-refractivity contribution < 1.29 is 14.3 Å². The smallest absolute Gasteiger partial charge is 0.223 e. The molecule has 1 heterocycles. The molecule has 1 aliphatic rings. The highest BCUT2D eigenvalue weighted by Gasteiger charge is 2.25. The van der Waals surface area contributed by atoms with Crippen molar-refractivity contribution in [3.63, 3.8) is 0 Å². The molecule has 0 saturated carbocycles. The summed E-state index contributed by atoms with van der Waals surface area (Å²) in [5.41, 5.74) is 0.815. The summed E-state index contributed by atoms with van der Waals surface area (Å²) in [6, 6.07) is 6.31. The van der Waals surface area contributed by atoms with Crippen LogP contribution >= 0.6 is 12.4 Å². The highest BCUT2D eigenvalue weighted by atomic mass is 35.5. The number of amides is 1. The van der Waals surface area contributed by atoms with Gasteiger partial charge in [-0.2, -0.15) is 0 Å². The standard InChI is InChI=1S/C15H21FN2O2.ClH/c1-10(5-11-3-2-4-13(16)6-11)15(20)18-8-12-7-17-9-14(12)19;/h2-4,6,10,12,14,17,19H,5,7-9H2,1H3,(H,18,20);1H. The Labute approximate surface area is 130 Å². The molecule has 1 fully saturated rings. The van der Waals surface area contributed by atoms with Crippen LogP contribution in [0.25, 0.3) is 0 Å². The lowest BCUT2D eigenvalue weighted by Crippen LogP contribution is -2.37. The van der Waals surface area contributed by atoms with Crippen molar-refractivity contribution in [1.82, 2.24) is 10.6 Å². The second-order valence-electron chi connectivity index (χ2n) is 5.47. The van der Waals surface area contributed by atoms with Gasteiger partial charge in [-0.05, 0) is 24.1 Å². The zero-order valence-electron chi connectivity index (χ0n) is 12.0. The number of nitrogens with one attached hydrogen (secondary N) is 2. The second kappa shape index (κ2) is 8.32. The van der Waals surface area contributed by atoms with Crippen molar-refractivity contribution in [1.29, 1.82) is 0 Å². The first-order valence-electron chi connectivity index (χ1n) is 6.97. The molecule has 1 aromatic rings. The molecule has 6 heteroatoms. The maximum absolute atomic E-state index is 13.1. The summed E-state index contributed by atoms with van der Waals surface area (Å²) in [5, 5.41) is 15.6. The van der Waals surface area contributed by atoms with Crippen LogP contribution in [0.2, 0.25) is 0 Å². The highest BCUT2D eigenvalue weighted by Crippen LogP contribution is 2.11. The molecule has 0 bridgehead atoms. The molecular weight excluding hydrogens is 295 g/mol. The van der Waals surface area contributed by atoms with Crippen LogP contribution in [-0.4, -0.2) is 36.8 Å². The molecule has 4 nitrogen and oxygen atoms in total. The van der Waals surface area contributed by atoms with Crippen molar-refractivity contribution >= 4 is 18.3 Å². The Balaban J connectivity index is 0.00000220. The van der Waals surface area contributed by atoms with Gasteiger partial charge in [-0.1, -0.05) is 19.1 Å². The Bertz CT molecular complexity index is 473. The summed E-state index contributed by atoms with van der Waals surface area (Å²) in [5.74, 6) is -0.493. The van der Waals surface area contributed by atoms with E-state index in [1.54, 1.807) is 6.07 Å². The Morgan fingerprint density at radius 2 is 2.29 bits per heavy atom. The molecular formula is C15H22ClFN2O2. The van der Waals surface area contributed by atoms with Crippen LogP contribution in [0.4, 0.5) is 4.39 Å². The van der Waals surface area contributed by atoms with Crippen LogP contribution < -0.4 is 10.6 Å². The van der Waals surface area contributed by atoms with E-state index in [-0.39, 0.29) is 36.0 Å². The molecule has 21 heavy (non-hydrogen) atoms. The van der Waals surface area contributed by atoms with Crippen molar-refractivity contribution in [2.75, 3.05) is 19.6 Å². The topological polar surface area (TPSA) is 61.4 Å². The average molecular weight is 317 g/mol. The quantitative estimate of drug-likeness (QED) is 0.763. The van der Waals surface area contributed by atoms with E-state index in [4.69, 9.17) is 0 Å². The molecule has 0 aliphatic carbocycles. The van der Waals surface area contributed by atoms with Crippen molar-refractivity contribution in [3.05, 3.63) is 35.6 Å². The lowest BCUT2D eigenvalue weighted by atomic mass is 9.99. The van der Waals surface area contributed by atoms with E-state index in [0.717, 1.165) is 12.1 Å². The molecule has 2 rings (SSSR count). The maximum atomic E-state index is 13.1. The predicted octanol–water partition coefficient (Wildman–Crippen LogP) is 1.12. The largest absolute Gasteiger partial charge is 0.391 e. The van der Waals surface area contributed by atoms with Crippen LogP contribution in [-0.2, 0) is 11.2 Å². The van der Waals surface area contributed by atoms with Gasteiger partial charge in [0.05, 0.1) is 6.10 Å². The Morgan fingerprint density at radius 3 is 2.90 bits per heavy atom. The molecule has 118 valence electrons. The third-order valence-electron chi connectivity index (χ3n) is 3.72. The zero-order valence-corrected chi connectivity index (χ0v) is 12.8. The van der Waals surface area contributed by atoms with E-state index in [1.165, 1.54) is 12.1 Å². The van der Waals surface area contributed by atoms with Gasteiger partial charge in [0.15, 0.2) is 0 Å². The third kappa shape index (κ3) is 5.26. The molecule has 3 N–H and O–H groups in total. The summed E-state index contributed by atoms with van der Waals surface area (Å²) in [6.45, 7) is 3.60. The van der Waals surface area contributed by atoms with Crippen LogP contribution in [0.3, 0.4) is 0 Å². The van der Waals surface area contributed by atoms with Gasteiger partial charge in [-0.15, -0.1) is 12.4 Å². The average Bonchev–Trinajstić information content (AvgIpc) is 2.81. The van der Waals surface area contributed by atoms with E-state index in [1.807, 2.05) is 13.0 Å². The van der Waals surface area contributed by atoms with E-state index >= 15 is 0 Å². The van der Waals surface area contributed by atoms with E-state index in [0.29, 0.717) is 19.5 Å². The van der Waals surface area contributed by atoms with Crippen LogP contribution in [0.15, 0.2) is 24.3 Å². The molecule has 1 saturated heterocycles. The molecule has 1 amide bonds. The summed E-state index contributed by atoms with van der Waals surface area (Å²) < 4.78 is 13.1. The van der Waals surface area contributed by atoms with Crippen LogP contribution in [0, 0.1) is 17.7 Å². The van der Waals surface area contributed by atoms with Crippen molar-refractivity contribution in [2.24, 2.45) is 11.8 Å². The SMILES string of the molecule is CC(Cc1cccc(F)c1)C(=O)NCC1CNCC1O.Cl. The number of hydrogen-bond donors (Lipinski definition) is 3.